The Kier molecular flexibility index (Phi) is 5.83. The molecule has 1 aliphatic heterocycles. The molecule has 1 unspecified atom stereocenters. The molecule has 166 valence electrons. The Morgan fingerprint density at radius 2 is 1.65 bits per heavy atom. The summed E-state index contributed by atoms with van der Waals surface area (Å²) in [6.07, 6.45) is 0.879. The molecule has 2 aromatic carbocycles. The van der Waals surface area contributed by atoms with Gasteiger partial charge in [0, 0.05) is 6.08 Å². The highest BCUT2D eigenvalue weighted by atomic mass is 16.5. The Labute approximate surface area is 185 Å². The lowest BCUT2D eigenvalue weighted by Crippen LogP contribution is -2.25. The smallest absolute Gasteiger partial charge is 0.332 e. The summed E-state index contributed by atoms with van der Waals surface area (Å²) in [5.41, 5.74) is 4.46. The predicted molar refractivity (Wildman–Crippen MR) is 124 cm³/mol. The van der Waals surface area contributed by atoms with Crippen molar-refractivity contribution in [2.75, 3.05) is 12.4 Å². The number of phenols is 1. The third kappa shape index (κ3) is 4.71. The van der Waals surface area contributed by atoms with E-state index in [9.17, 15) is 9.90 Å². The van der Waals surface area contributed by atoms with E-state index >= 15 is 0 Å². The first-order valence-electron chi connectivity index (χ1n) is 10.5. The van der Waals surface area contributed by atoms with E-state index in [0.29, 0.717) is 11.4 Å². The highest BCUT2D eigenvalue weighted by molar-refractivity contribution is 5.84. The molecule has 1 atom stereocenters. The van der Waals surface area contributed by atoms with Crippen LogP contribution in [0.25, 0.3) is 0 Å². The van der Waals surface area contributed by atoms with Gasteiger partial charge >= 0.3 is 5.97 Å². The van der Waals surface area contributed by atoms with Crippen LogP contribution in [0.5, 0.6) is 11.5 Å². The highest BCUT2D eigenvalue weighted by Gasteiger charge is 2.32. The fourth-order valence-electron chi connectivity index (χ4n) is 3.74. The van der Waals surface area contributed by atoms with Gasteiger partial charge in [0.1, 0.15) is 11.5 Å². The number of anilines is 1. The summed E-state index contributed by atoms with van der Waals surface area (Å²) in [7, 11) is 1.35. The zero-order valence-electron chi connectivity index (χ0n) is 19.7. The average molecular weight is 424 g/mol. The van der Waals surface area contributed by atoms with Crippen molar-refractivity contribution in [2.24, 2.45) is 0 Å². The first-order chi connectivity index (χ1) is 14.3. The van der Waals surface area contributed by atoms with Gasteiger partial charge in [0.2, 0.25) is 0 Å². The summed E-state index contributed by atoms with van der Waals surface area (Å²) in [4.78, 5) is 12.1. The van der Waals surface area contributed by atoms with Gasteiger partial charge in [-0.25, -0.2) is 4.79 Å². The van der Waals surface area contributed by atoms with Crippen LogP contribution in [0.4, 0.5) is 5.69 Å². The quantitative estimate of drug-likeness (QED) is 0.465. The van der Waals surface area contributed by atoms with Crippen LogP contribution in [0, 0.1) is 6.92 Å². The molecule has 5 heteroatoms. The molecule has 31 heavy (non-hydrogen) atoms. The number of rotatable bonds is 2. The molecule has 0 amide bonds. The molecule has 0 aliphatic carbocycles. The molecule has 3 rings (SSSR count). The molecule has 0 spiro atoms. The molecule has 0 aromatic heterocycles. The van der Waals surface area contributed by atoms with E-state index in [1.165, 1.54) is 13.2 Å². The number of hydrogen-bond donors (Lipinski definition) is 2. The van der Waals surface area contributed by atoms with E-state index in [1.54, 1.807) is 0 Å². The first-order valence-corrected chi connectivity index (χ1v) is 10.5. The number of methoxy groups -OCH3 is 1. The van der Waals surface area contributed by atoms with Crippen molar-refractivity contribution in [1.82, 2.24) is 0 Å². The number of ether oxygens (including phenoxy) is 2. The van der Waals surface area contributed by atoms with Gasteiger partial charge in [0.15, 0.2) is 6.10 Å². The number of carbonyl (C=O) groups excluding carboxylic acids is 1. The van der Waals surface area contributed by atoms with E-state index < -0.39 is 12.1 Å². The number of esters is 1. The van der Waals surface area contributed by atoms with Crippen molar-refractivity contribution in [1.29, 1.82) is 0 Å². The van der Waals surface area contributed by atoms with Crippen molar-refractivity contribution in [3.8, 4) is 11.5 Å². The maximum absolute atomic E-state index is 12.1. The molecule has 0 fully saturated rings. The van der Waals surface area contributed by atoms with E-state index in [4.69, 9.17) is 9.47 Å². The summed E-state index contributed by atoms with van der Waals surface area (Å²) >= 11 is 0. The summed E-state index contributed by atoms with van der Waals surface area (Å²) in [6, 6.07) is 9.84. The van der Waals surface area contributed by atoms with Crippen LogP contribution in [-0.4, -0.2) is 18.2 Å². The number of hydrogen-bond acceptors (Lipinski definition) is 5. The van der Waals surface area contributed by atoms with Crippen LogP contribution in [0.15, 0.2) is 42.1 Å². The predicted octanol–water partition coefficient (Wildman–Crippen LogP) is 5.90. The van der Waals surface area contributed by atoms with Gasteiger partial charge in [-0.2, -0.15) is 0 Å². The maximum atomic E-state index is 12.1. The number of nitrogens with one attached hydrogen (secondary N) is 1. The van der Waals surface area contributed by atoms with Crippen LogP contribution in [0.3, 0.4) is 0 Å². The van der Waals surface area contributed by atoms with Crippen molar-refractivity contribution >= 4 is 11.7 Å². The van der Waals surface area contributed by atoms with Gasteiger partial charge in [0.05, 0.1) is 18.5 Å². The molecule has 0 radical (unpaired) electrons. The molecule has 2 aromatic rings. The summed E-state index contributed by atoms with van der Waals surface area (Å²) in [5, 5.41) is 14.4. The van der Waals surface area contributed by atoms with Crippen LogP contribution in [0.1, 0.15) is 69.9 Å². The zero-order chi connectivity index (χ0) is 23.1. The van der Waals surface area contributed by atoms with Gasteiger partial charge in [-0.05, 0) is 64.3 Å². The molecule has 2 N–H and O–H groups in total. The molecule has 5 nitrogen and oxygen atoms in total. The van der Waals surface area contributed by atoms with Gasteiger partial charge < -0.3 is 19.9 Å². The molecule has 0 bridgehead atoms. The van der Waals surface area contributed by atoms with Gasteiger partial charge in [-0.3, -0.25) is 0 Å². The molecular weight excluding hydrogens is 390 g/mol. The number of aryl methyl sites for hydroxylation is 1. The van der Waals surface area contributed by atoms with Gasteiger partial charge in [-0.15, -0.1) is 0 Å². The Hall–Kier alpha value is -2.95. The number of phenolic OH excluding ortho intramolecular Hbond substituents is 1. The van der Waals surface area contributed by atoms with Crippen LogP contribution >= 0.6 is 0 Å². The SMILES string of the molecule is COC(=O)/C=C1\Nc2ccc(C)cc2OC1c1cc(C(C)(C)C)c(O)c(C(C)(C)C)c1. The van der Waals surface area contributed by atoms with Crippen LogP contribution in [-0.2, 0) is 20.4 Å². The van der Waals surface area contributed by atoms with Gasteiger partial charge in [0.25, 0.3) is 0 Å². The lowest BCUT2D eigenvalue weighted by Gasteiger charge is -2.33. The monoisotopic (exact) mass is 423 g/mol. The van der Waals surface area contributed by atoms with Gasteiger partial charge in [-0.1, -0.05) is 47.6 Å². The van der Waals surface area contributed by atoms with Crippen LogP contribution in [0.2, 0.25) is 0 Å². The molecule has 1 heterocycles. The Balaban J connectivity index is 2.24. The second-order valence-corrected chi connectivity index (χ2v) is 10.2. The van der Waals surface area contributed by atoms with E-state index in [2.05, 4.69) is 46.9 Å². The molecule has 0 saturated heterocycles. The normalized spacial score (nSPS) is 17.5. The number of fused-ring (bicyclic) bond motifs is 1. The van der Waals surface area contributed by atoms with E-state index in [-0.39, 0.29) is 10.8 Å². The lowest BCUT2D eigenvalue weighted by atomic mass is 9.77. The Morgan fingerprint density at radius 1 is 1.06 bits per heavy atom. The summed E-state index contributed by atoms with van der Waals surface area (Å²) in [5.74, 6) is 0.564. The minimum Gasteiger partial charge on any atom is -0.507 e. The van der Waals surface area contributed by atoms with Crippen molar-refractivity contribution in [2.45, 2.75) is 65.4 Å². The average Bonchev–Trinajstić information content (AvgIpc) is 2.66. The second-order valence-electron chi connectivity index (χ2n) is 10.2. The first kappa shape index (κ1) is 22.7. The second kappa shape index (κ2) is 7.95. The highest BCUT2D eigenvalue weighted by Crippen LogP contribution is 2.45. The largest absolute Gasteiger partial charge is 0.507 e. The Bertz CT molecular complexity index is 1000. The van der Waals surface area contributed by atoms with Crippen molar-refractivity contribution in [3.05, 3.63) is 64.4 Å². The molecule has 1 aliphatic rings. The fourth-order valence-corrected chi connectivity index (χ4v) is 3.74. The number of aromatic hydroxyl groups is 1. The molecule has 0 saturated carbocycles. The van der Waals surface area contributed by atoms with Crippen molar-refractivity contribution in [3.63, 3.8) is 0 Å². The lowest BCUT2D eigenvalue weighted by molar-refractivity contribution is -0.134. The Morgan fingerprint density at radius 3 is 2.16 bits per heavy atom. The topological polar surface area (TPSA) is 67.8 Å². The third-order valence-corrected chi connectivity index (χ3v) is 5.47. The summed E-state index contributed by atoms with van der Waals surface area (Å²) < 4.78 is 11.3. The zero-order valence-corrected chi connectivity index (χ0v) is 19.7. The standard InChI is InChI=1S/C26H33NO4/c1-15-9-10-19-21(11-15)31-24(20(27-19)14-22(28)30-8)16-12-17(25(2,3)4)23(29)18(13-16)26(5,6)7/h9-14,24,27,29H,1-8H3/b20-14-. The van der Waals surface area contributed by atoms with E-state index in [0.717, 1.165) is 33.7 Å². The minimum atomic E-state index is -0.545. The van der Waals surface area contributed by atoms with E-state index in [1.807, 2.05) is 37.3 Å². The number of benzene rings is 2. The third-order valence-electron chi connectivity index (χ3n) is 5.47. The number of carbonyl (C=O) groups is 1. The molecular formula is C26H33NO4. The fraction of sp³-hybridized carbons (Fsp3) is 0.423. The summed E-state index contributed by atoms with van der Waals surface area (Å²) in [6.45, 7) is 14.4. The minimum absolute atomic E-state index is 0.275. The van der Waals surface area contributed by atoms with Crippen molar-refractivity contribution < 1.29 is 19.4 Å². The van der Waals surface area contributed by atoms with Crippen LogP contribution < -0.4 is 10.1 Å². The maximum Gasteiger partial charge on any atom is 0.332 e.